The second-order valence-corrected chi connectivity index (χ2v) is 21.6. The van der Waals surface area contributed by atoms with E-state index in [1.54, 1.807) is 0 Å². The fraction of sp³-hybridized carbons (Fsp3) is 0.705. The van der Waals surface area contributed by atoms with E-state index >= 15 is 0 Å². The van der Waals surface area contributed by atoms with Crippen LogP contribution in [0.2, 0.25) is 0 Å². The maximum Gasteiger partial charge on any atom is 0.472 e. The van der Waals surface area contributed by atoms with E-state index in [0.29, 0.717) is 17.4 Å². The van der Waals surface area contributed by atoms with Crippen LogP contribution in [0.25, 0.3) is 0 Å². The molecule has 0 rings (SSSR count). The Kier molecular flexibility index (Phi) is 48.3. The summed E-state index contributed by atoms with van der Waals surface area (Å²) in [6, 6.07) is -0.875. The minimum atomic E-state index is -4.46. The maximum atomic E-state index is 13.5. The number of carbonyl (C=O) groups excluding carboxylic acids is 2. The quantitative estimate of drug-likeness (QED) is 0.0156. The van der Waals surface area contributed by atoms with Gasteiger partial charge in [-0.1, -0.05) is 208 Å². The van der Waals surface area contributed by atoms with Crippen LogP contribution in [0, 0.1) is 0 Å². The first kappa shape index (κ1) is 67.9. The number of nitrogens with one attached hydrogen (secondary N) is 1. The molecule has 0 spiro atoms. The van der Waals surface area contributed by atoms with Crippen molar-refractivity contribution in [1.29, 1.82) is 0 Å². The van der Waals surface area contributed by atoms with Gasteiger partial charge in [-0.05, 0) is 102 Å². The number of nitrogens with zero attached hydrogens (tertiary/aromatic N) is 1. The minimum absolute atomic E-state index is 0.0267. The fourth-order valence-electron chi connectivity index (χ4n) is 7.60. The molecule has 0 aromatic carbocycles. The first-order chi connectivity index (χ1) is 34.4. The van der Waals surface area contributed by atoms with Crippen molar-refractivity contribution in [2.24, 2.45) is 0 Å². The summed E-state index contributed by atoms with van der Waals surface area (Å²) in [6.07, 6.45) is 66.9. The van der Waals surface area contributed by atoms with E-state index in [1.807, 2.05) is 33.3 Å². The predicted octanol–water partition coefficient (Wildman–Crippen LogP) is 17.2. The third kappa shape index (κ3) is 51.6. The van der Waals surface area contributed by atoms with E-state index in [9.17, 15) is 19.0 Å². The Balaban J connectivity index is 5.40. The second kappa shape index (κ2) is 50.5. The SMILES string of the molecule is CC/C=C\C/C=C\C/C=C\C/C=C\C/C=C\CCCCCC(=O)NC(COP(=O)(O)OCC[N+](C)(C)C)C(/C=C\CCCCCCCCCCC)OC(=O)CCCCCCCC/C=C/C=C/CCCCC. The molecule has 0 aliphatic heterocycles. The van der Waals surface area contributed by atoms with E-state index in [2.05, 4.69) is 111 Å². The van der Waals surface area contributed by atoms with Gasteiger partial charge >= 0.3 is 13.8 Å². The Morgan fingerprint density at radius 2 is 0.944 bits per heavy atom. The molecule has 0 radical (unpaired) electrons. The molecule has 0 aromatic rings. The number of hydrogen-bond donors (Lipinski definition) is 2. The second-order valence-electron chi connectivity index (χ2n) is 20.1. The Hall–Kier alpha value is -3.07. The summed E-state index contributed by atoms with van der Waals surface area (Å²) in [6.45, 7) is 6.81. The van der Waals surface area contributed by atoms with Crippen molar-refractivity contribution in [2.75, 3.05) is 40.9 Å². The average Bonchev–Trinajstić information content (AvgIpc) is 3.33. The molecule has 0 saturated heterocycles. The highest BCUT2D eigenvalue weighted by molar-refractivity contribution is 7.47. The van der Waals surface area contributed by atoms with Crippen molar-refractivity contribution in [3.63, 3.8) is 0 Å². The summed E-state index contributed by atoms with van der Waals surface area (Å²) in [5, 5.41) is 3.02. The lowest BCUT2D eigenvalue weighted by Gasteiger charge is -2.27. The van der Waals surface area contributed by atoms with Crippen LogP contribution >= 0.6 is 7.82 Å². The molecule has 0 aliphatic rings. The number of carbonyl (C=O) groups is 2. The van der Waals surface area contributed by atoms with Crippen molar-refractivity contribution in [3.8, 4) is 0 Å². The van der Waals surface area contributed by atoms with Crippen LogP contribution in [0.15, 0.2) is 97.2 Å². The monoisotopic (exact) mass is 1010 g/mol. The Labute approximate surface area is 437 Å². The lowest BCUT2D eigenvalue weighted by molar-refractivity contribution is -0.870. The molecule has 0 aromatic heterocycles. The number of allylic oxidation sites excluding steroid dienone is 15. The van der Waals surface area contributed by atoms with Gasteiger partial charge in [-0.2, -0.15) is 0 Å². The van der Waals surface area contributed by atoms with Crippen LogP contribution in [-0.4, -0.2) is 74.3 Å². The van der Waals surface area contributed by atoms with Gasteiger partial charge in [0.25, 0.3) is 0 Å². The summed E-state index contributed by atoms with van der Waals surface area (Å²) in [5.74, 6) is -0.564. The number of rotatable bonds is 50. The van der Waals surface area contributed by atoms with Gasteiger partial charge in [-0.15, -0.1) is 0 Å². The number of unbranched alkanes of at least 4 members (excludes halogenated alkanes) is 21. The molecular weight excluding hydrogens is 904 g/mol. The first-order valence-electron chi connectivity index (χ1n) is 28.6. The molecular formula is C61H108N2O7P+. The topological polar surface area (TPSA) is 111 Å². The van der Waals surface area contributed by atoms with Crippen LogP contribution in [0.5, 0.6) is 0 Å². The third-order valence-corrected chi connectivity index (χ3v) is 13.0. The van der Waals surface area contributed by atoms with E-state index in [4.69, 9.17) is 13.8 Å². The lowest BCUT2D eigenvalue weighted by Crippen LogP contribution is -2.47. The Morgan fingerprint density at radius 3 is 1.48 bits per heavy atom. The van der Waals surface area contributed by atoms with Crippen molar-refractivity contribution in [3.05, 3.63) is 97.2 Å². The first-order valence-corrected chi connectivity index (χ1v) is 30.1. The molecule has 10 heteroatoms. The normalized spacial score (nSPS) is 14.5. The van der Waals surface area contributed by atoms with Gasteiger partial charge in [0, 0.05) is 12.8 Å². The molecule has 0 saturated carbocycles. The molecule has 1 amide bonds. The number of phosphoric ester groups is 1. The molecule has 0 heterocycles. The van der Waals surface area contributed by atoms with Crippen LogP contribution in [0.4, 0.5) is 0 Å². The predicted molar refractivity (Wildman–Crippen MR) is 304 cm³/mol. The number of quaternary nitrogens is 1. The summed E-state index contributed by atoms with van der Waals surface area (Å²) in [5.41, 5.74) is 0. The molecule has 0 fully saturated rings. The van der Waals surface area contributed by atoms with E-state index in [1.165, 1.54) is 70.6 Å². The standard InChI is InChI=1S/C61H107N2O7P/c1-7-10-13-16-19-22-25-27-29-30-31-32-34-35-38-41-44-47-50-53-60(64)62-58(57-69-71(66,67)68-56-55-63(4,5)6)59(52-49-46-43-40-37-24-21-18-15-12-9-3)70-61(65)54-51-48-45-42-39-36-33-28-26-23-20-17-14-11-8-2/h10,13,19-20,22-23,26-29,31-32,35,38,49,52,58-59H,7-9,11-12,14-18,21,24-25,30,33-34,36-37,39-48,50-51,53-57H2,1-6H3,(H-,62,64,66,67)/p+1/b13-10-,22-19-,23-20+,28-26+,29-27-,32-31-,38-35-,52-49-. The van der Waals surface area contributed by atoms with Gasteiger partial charge in [0.15, 0.2) is 0 Å². The zero-order valence-corrected chi connectivity index (χ0v) is 47.3. The number of amides is 1. The molecule has 408 valence electrons. The summed E-state index contributed by atoms with van der Waals surface area (Å²) < 4.78 is 30.6. The van der Waals surface area contributed by atoms with Crippen LogP contribution in [0.1, 0.15) is 226 Å². The van der Waals surface area contributed by atoms with Crippen LogP contribution in [-0.2, 0) is 27.9 Å². The molecule has 2 N–H and O–H groups in total. The van der Waals surface area contributed by atoms with Crippen LogP contribution < -0.4 is 5.32 Å². The number of ether oxygens (including phenoxy) is 1. The van der Waals surface area contributed by atoms with Gasteiger partial charge in [-0.25, -0.2) is 4.57 Å². The van der Waals surface area contributed by atoms with E-state index in [-0.39, 0.29) is 37.9 Å². The van der Waals surface area contributed by atoms with Gasteiger partial charge in [-0.3, -0.25) is 18.6 Å². The maximum absolute atomic E-state index is 13.5. The molecule has 71 heavy (non-hydrogen) atoms. The molecule has 0 bridgehead atoms. The summed E-state index contributed by atoms with van der Waals surface area (Å²) in [4.78, 5) is 37.6. The van der Waals surface area contributed by atoms with E-state index in [0.717, 1.165) is 116 Å². The highest BCUT2D eigenvalue weighted by Crippen LogP contribution is 2.43. The molecule has 9 nitrogen and oxygen atoms in total. The largest absolute Gasteiger partial charge is 0.472 e. The third-order valence-electron chi connectivity index (χ3n) is 12.0. The smallest absolute Gasteiger partial charge is 0.456 e. The van der Waals surface area contributed by atoms with Gasteiger partial charge < -0.3 is 19.4 Å². The van der Waals surface area contributed by atoms with Gasteiger partial charge in [0.2, 0.25) is 5.91 Å². The molecule has 0 aliphatic carbocycles. The zero-order chi connectivity index (χ0) is 52.2. The number of hydrogen-bond acceptors (Lipinski definition) is 6. The Bertz CT molecular complexity index is 1540. The lowest BCUT2D eigenvalue weighted by atomic mass is 10.1. The summed E-state index contributed by atoms with van der Waals surface area (Å²) in [7, 11) is 1.45. The summed E-state index contributed by atoms with van der Waals surface area (Å²) >= 11 is 0. The Morgan fingerprint density at radius 1 is 0.521 bits per heavy atom. The minimum Gasteiger partial charge on any atom is -0.456 e. The van der Waals surface area contributed by atoms with Gasteiger partial charge in [0.1, 0.15) is 19.3 Å². The van der Waals surface area contributed by atoms with Gasteiger partial charge in [0.05, 0.1) is 33.8 Å². The molecule has 3 atom stereocenters. The highest BCUT2D eigenvalue weighted by Gasteiger charge is 2.30. The number of esters is 1. The molecule has 3 unspecified atom stereocenters. The number of likely N-dealkylation sites (N-methyl/N-ethyl adjacent to an activating group) is 1. The van der Waals surface area contributed by atoms with Crippen molar-refractivity contribution < 1.29 is 37.3 Å². The highest BCUT2D eigenvalue weighted by atomic mass is 31.2. The fourth-order valence-corrected chi connectivity index (χ4v) is 8.34. The average molecular weight is 1010 g/mol. The van der Waals surface area contributed by atoms with Crippen LogP contribution in [0.3, 0.4) is 0 Å². The zero-order valence-electron chi connectivity index (χ0n) is 46.4. The van der Waals surface area contributed by atoms with Crippen molar-refractivity contribution in [1.82, 2.24) is 5.32 Å². The van der Waals surface area contributed by atoms with Crippen molar-refractivity contribution >= 4 is 19.7 Å². The van der Waals surface area contributed by atoms with E-state index < -0.39 is 20.0 Å². The van der Waals surface area contributed by atoms with Crippen molar-refractivity contribution in [2.45, 2.75) is 238 Å². The number of phosphoric acid groups is 1.